The molecule has 4 heteroatoms. The summed E-state index contributed by atoms with van der Waals surface area (Å²) in [6, 6.07) is 0.479. The minimum absolute atomic E-state index is 0.479. The van der Waals surface area contributed by atoms with Crippen LogP contribution < -0.4 is 10.2 Å². The zero-order valence-corrected chi connectivity index (χ0v) is 12.5. The molecule has 0 unspecified atom stereocenters. The van der Waals surface area contributed by atoms with Gasteiger partial charge in [0.1, 0.15) is 0 Å². The number of hydrogen-bond donors (Lipinski definition) is 1. The van der Waals surface area contributed by atoms with Crippen molar-refractivity contribution in [2.75, 3.05) is 18.5 Å². The van der Waals surface area contributed by atoms with Crippen molar-refractivity contribution >= 4 is 5.95 Å². The lowest BCUT2D eigenvalue weighted by molar-refractivity contribution is 0.583. The average Bonchev–Trinajstić information content (AvgIpc) is 2.26. The van der Waals surface area contributed by atoms with E-state index in [4.69, 9.17) is 0 Å². The molecule has 0 aliphatic rings. The first-order chi connectivity index (χ1) is 8.40. The molecule has 0 aliphatic carbocycles. The zero-order valence-electron chi connectivity index (χ0n) is 12.5. The summed E-state index contributed by atoms with van der Waals surface area (Å²) in [7, 11) is 2.04. The Morgan fingerprint density at radius 3 is 2.44 bits per heavy atom. The highest BCUT2D eigenvalue weighted by atomic mass is 15.2. The lowest BCUT2D eigenvalue weighted by atomic mass is 10.2. The maximum Gasteiger partial charge on any atom is 0.225 e. The molecule has 0 saturated carbocycles. The molecular weight excluding hydrogens is 224 g/mol. The molecule has 18 heavy (non-hydrogen) atoms. The van der Waals surface area contributed by atoms with E-state index in [1.165, 1.54) is 5.56 Å². The number of rotatable bonds is 6. The van der Waals surface area contributed by atoms with E-state index in [-0.39, 0.29) is 0 Å². The molecular formula is C14H26N4. The molecule has 0 bridgehead atoms. The summed E-state index contributed by atoms with van der Waals surface area (Å²) in [4.78, 5) is 11.1. The third-order valence-electron chi connectivity index (χ3n) is 2.75. The van der Waals surface area contributed by atoms with Gasteiger partial charge in [-0.15, -0.1) is 0 Å². The summed E-state index contributed by atoms with van der Waals surface area (Å²) in [5.74, 6) is 1.43. The summed E-state index contributed by atoms with van der Waals surface area (Å²) >= 11 is 0. The van der Waals surface area contributed by atoms with E-state index in [0.717, 1.165) is 24.7 Å². The molecule has 0 amide bonds. The second kappa shape index (κ2) is 6.69. The first-order valence-corrected chi connectivity index (χ1v) is 6.67. The predicted molar refractivity (Wildman–Crippen MR) is 76.9 cm³/mol. The minimum Gasteiger partial charge on any atom is -0.344 e. The maximum atomic E-state index is 4.58. The number of hydrogen-bond acceptors (Lipinski definition) is 4. The van der Waals surface area contributed by atoms with Crippen LogP contribution in [0.4, 0.5) is 5.95 Å². The minimum atomic E-state index is 0.479. The predicted octanol–water partition coefficient (Wildman–Crippen LogP) is 2.38. The molecule has 1 aromatic rings. The number of aromatic nitrogens is 2. The van der Waals surface area contributed by atoms with Crippen LogP contribution in [0.25, 0.3) is 0 Å². The van der Waals surface area contributed by atoms with E-state index in [9.17, 15) is 0 Å². The van der Waals surface area contributed by atoms with Crippen LogP contribution in [0.3, 0.4) is 0 Å². The molecule has 0 fully saturated rings. The number of nitrogens with one attached hydrogen (secondary N) is 1. The fourth-order valence-electron chi connectivity index (χ4n) is 1.78. The van der Waals surface area contributed by atoms with E-state index >= 15 is 0 Å². The molecule has 0 aromatic carbocycles. The highest BCUT2D eigenvalue weighted by Gasteiger charge is 2.09. The van der Waals surface area contributed by atoms with Crippen molar-refractivity contribution in [2.45, 2.75) is 47.2 Å². The molecule has 1 N–H and O–H groups in total. The Kier molecular flexibility index (Phi) is 5.54. The Morgan fingerprint density at radius 1 is 1.28 bits per heavy atom. The van der Waals surface area contributed by atoms with Crippen molar-refractivity contribution in [3.8, 4) is 0 Å². The Bertz CT molecular complexity index is 374. The second-order valence-corrected chi connectivity index (χ2v) is 5.59. The van der Waals surface area contributed by atoms with Crippen LogP contribution in [0.5, 0.6) is 0 Å². The van der Waals surface area contributed by atoms with Gasteiger partial charge in [-0.05, 0) is 12.8 Å². The van der Waals surface area contributed by atoms with Crippen molar-refractivity contribution in [1.82, 2.24) is 15.3 Å². The van der Waals surface area contributed by atoms with Gasteiger partial charge >= 0.3 is 0 Å². The van der Waals surface area contributed by atoms with E-state index in [0.29, 0.717) is 12.0 Å². The van der Waals surface area contributed by atoms with Gasteiger partial charge in [0.15, 0.2) is 0 Å². The van der Waals surface area contributed by atoms with E-state index < -0.39 is 0 Å². The number of aryl methyl sites for hydroxylation is 1. The van der Waals surface area contributed by atoms with Crippen molar-refractivity contribution in [3.05, 3.63) is 17.5 Å². The highest BCUT2D eigenvalue weighted by Crippen LogP contribution is 2.11. The lowest BCUT2D eigenvalue weighted by Crippen LogP contribution is -2.26. The molecule has 102 valence electrons. The van der Waals surface area contributed by atoms with Crippen LogP contribution in [0, 0.1) is 12.8 Å². The molecule has 1 aromatic heterocycles. The summed E-state index contributed by atoms with van der Waals surface area (Å²) < 4.78 is 0. The third-order valence-corrected chi connectivity index (χ3v) is 2.75. The SMILES string of the molecule is Cc1nc(N(C)CC(C)C)ncc1CNC(C)C. The molecule has 0 saturated heterocycles. The Labute approximate surface area is 111 Å². The van der Waals surface area contributed by atoms with E-state index in [1.54, 1.807) is 0 Å². The van der Waals surface area contributed by atoms with Gasteiger partial charge in [-0.2, -0.15) is 0 Å². The lowest BCUT2D eigenvalue weighted by Gasteiger charge is -2.20. The van der Waals surface area contributed by atoms with Crippen molar-refractivity contribution in [1.29, 1.82) is 0 Å². The molecule has 0 atom stereocenters. The molecule has 1 rings (SSSR count). The van der Waals surface area contributed by atoms with Crippen molar-refractivity contribution < 1.29 is 0 Å². The standard InChI is InChI=1S/C14H26N4/c1-10(2)9-18(6)14-16-8-13(12(5)17-14)7-15-11(3)4/h8,10-11,15H,7,9H2,1-6H3. The van der Waals surface area contributed by atoms with Gasteiger partial charge in [-0.3, -0.25) is 0 Å². The molecule has 0 radical (unpaired) electrons. The maximum absolute atomic E-state index is 4.58. The summed E-state index contributed by atoms with van der Waals surface area (Å²) in [6.45, 7) is 12.5. The Balaban J connectivity index is 2.72. The van der Waals surface area contributed by atoms with Gasteiger partial charge in [-0.1, -0.05) is 27.7 Å². The van der Waals surface area contributed by atoms with Crippen molar-refractivity contribution in [3.63, 3.8) is 0 Å². The first kappa shape index (κ1) is 14.9. The molecule has 0 aliphatic heterocycles. The van der Waals surface area contributed by atoms with Gasteiger partial charge in [0.05, 0.1) is 0 Å². The van der Waals surface area contributed by atoms with Crippen LogP contribution in [-0.4, -0.2) is 29.6 Å². The third kappa shape index (κ3) is 4.61. The van der Waals surface area contributed by atoms with Gasteiger partial charge < -0.3 is 10.2 Å². The topological polar surface area (TPSA) is 41.1 Å². The Hall–Kier alpha value is -1.16. The zero-order chi connectivity index (χ0) is 13.7. The van der Waals surface area contributed by atoms with Gasteiger partial charge in [0.2, 0.25) is 5.95 Å². The van der Waals surface area contributed by atoms with Crippen LogP contribution in [0.2, 0.25) is 0 Å². The summed E-state index contributed by atoms with van der Waals surface area (Å²) in [5, 5.41) is 3.39. The van der Waals surface area contributed by atoms with Crippen LogP contribution in [0.15, 0.2) is 6.20 Å². The Morgan fingerprint density at radius 2 is 1.94 bits per heavy atom. The average molecular weight is 250 g/mol. The smallest absolute Gasteiger partial charge is 0.225 e. The van der Waals surface area contributed by atoms with Crippen LogP contribution in [-0.2, 0) is 6.54 Å². The quantitative estimate of drug-likeness (QED) is 0.841. The number of nitrogens with zero attached hydrogens (tertiary/aromatic N) is 3. The fourth-order valence-corrected chi connectivity index (χ4v) is 1.78. The summed E-state index contributed by atoms with van der Waals surface area (Å²) in [5.41, 5.74) is 2.23. The van der Waals surface area contributed by atoms with E-state index in [1.807, 2.05) is 20.2 Å². The molecule has 1 heterocycles. The first-order valence-electron chi connectivity index (χ1n) is 6.67. The van der Waals surface area contributed by atoms with Gasteiger partial charge in [-0.25, -0.2) is 9.97 Å². The largest absolute Gasteiger partial charge is 0.344 e. The van der Waals surface area contributed by atoms with Gasteiger partial charge in [0.25, 0.3) is 0 Å². The van der Waals surface area contributed by atoms with Gasteiger partial charge in [0, 0.05) is 43.6 Å². The van der Waals surface area contributed by atoms with Crippen LogP contribution >= 0.6 is 0 Å². The highest BCUT2D eigenvalue weighted by molar-refractivity contribution is 5.31. The monoisotopic (exact) mass is 250 g/mol. The van der Waals surface area contributed by atoms with E-state index in [2.05, 4.69) is 47.9 Å². The molecule has 4 nitrogen and oxygen atoms in total. The fraction of sp³-hybridized carbons (Fsp3) is 0.714. The normalized spacial score (nSPS) is 11.3. The number of anilines is 1. The van der Waals surface area contributed by atoms with Crippen molar-refractivity contribution in [2.24, 2.45) is 5.92 Å². The summed E-state index contributed by atoms with van der Waals surface area (Å²) in [6.07, 6.45) is 1.93. The molecule has 0 spiro atoms. The second-order valence-electron chi connectivity index (χ2n) is 5.59. The van der Waals surface area contributed by atoms with Crippen LogP contribution in [0.1, 0.15) is 39.0 Å².